The van der Waals surface area contributed by atoms with Crippen LogP contribution in [0.4, 0.5) is 0 Å². The highest BCUT2D eigenvalue weighted by molar-refractivity contribution is 6.30. The van der Waals surface area contributed by atoms with Crippen molar-refractivity contribution in [2.24, 2.45) is 10.7 Å². The molecule has 96 valence electrons. The number of fused-ring (bicyclic) bond motifs is 1. The van der Waals surface area contributed by atoms with Crippen molar-refractivity contribution < 1.29 is 4.74 Å². The van der Waals surface area contributed by atoms with E-state index in [1.54, 1.807) is 0 Å². The molecule has 1 aromatic rings. The SMILES string of the molecule is NC(=NCc1cc(Cl)cc2c1OCC2)N1CCC1. The molecule has 2 heterocycles. The fourth-order valence-corrected chi connectivity index (χ4v) is 2.54. The molecule has 1 fully saturated rings. The number of hydrogen-bond acceptors (Lipinski definition) is 2. The van der Waals surface area contributed by atoms with Crippen molar-refractivity contribution in [3.8, 4) is 5.75 Å². The van der Waals surface area contributed by atoms with Gasteiger partial charge in [0, 0.05) is 30.1 Å². The molecule has 0 amide bonds. The number of halogens is 1. The van der Waals surface area contributed by atoms with Crippen LogP contribution >= 0.6 is 11.6 Å². The van der Waals surface area contributed by atoms with E-state index < -0.39 is 0 Å². The highest BCUT2D eigenvalue weighted by Crippen LogP contribution is 2.33. The highest BCUT2D eigenvalue weighted by Gasteiger charge is 2.19. The number of ether oxygens (including phenoxy) is 1. The number of likely N-dealkylation sites (tertiary alicyclic amines) is 1. The van der Waals surface area contributed by atoms with Crippen LogP contribution in [0.2, 0.25) is 5.02 Å². The molecule has 18 heavy (non-hydrogen) atoms. The topological polar surface area (TPSA) is 50.9 Å². The van der Waals surface area contributed by atoms with Crippen molar-refractivity contribution >= 4 is 17.6 Å². The second kappa shape index (κ2) is 4.69. The van der Waals surface area contributed by atoms with Gasteiger partial charge in [-0.3, -0.25) is 0 Å². The summed E-state index contributed by atoms with van der Waals surface area (Å²) in [6.45, 7) is 3.29. The zero-order valence-corrected chi connectivity index (χ0v) is 10.9. The number of hydrogen-bond donors (Lipinski definition) is 1. The lowest BCUT2D eigenvalue weighted by atomic mass is 10.1. The number of aliphatic imine (C=N–C) groups is 1. The summed E-state index contributed by atoms with van der Waals surface area (Å²) >= 11 is 6.10. The molecule has 4 nitrogen and oxygen atoms in total. The van der Waals surface area contributed by atoms with Gasteiger partial charge < -0.3 is 15.4 Å². The van der Waals surface area contributed by atoms with E-state index >= 15 is 0 Å². The van der Waals surface area contributed by atoms with Crippen LogP contribution in [0, 0.1) is 0 Å². The molecule has 5 heteroatoms. The summed E-state index contributed by atoms with van der Waals surface area (Å²) in [5.41, 5.74) is 8.11. The Hall–Kier alpha value is -1.42. The van der Waals surface area contributed by atoms with Gasteiger partial charge in [0.2, 0.25) is 0 Å². The fraction of sp³-hybridized carbons (Fsp3) is 0.462. The van der Waals surface area contributed by atoms with E-state index in [2.05, 4.69) is 9.89 Å². The number of rotatable bonds is 2. The first-order valence-electron chi connectivity index (χ1n) is 6.23. The molecule has 0 spiro atoms. The maximum atomic E-state index is 6.10. The summed E-state index contributed by atoms with van der Waals surface area (Å²) in [4.78, 5) is 6.49. The van der Waals surface area contributed by atoms with E-state index in [1.165, 1.54) is 12.0 Å². The second-order valence-corrected chi connectivity index (χ2v) is 5.10. The quantitative estimate of drug-likeness (QED) is 0.655. The van der Waals surface area contributed by atoms with Gasteiger partial charge in [0.05, 0.1) is 13.2 Å². The van der Waals surface area contributed by atoms with Crippen LogP contribution in [-0.4, -0.2) is 30.6 Å². The summed E-state index contributed by atoms with van der Waals surface area (Å²) in [7, 11) is 0. The van der Waals surface area contributed by atoms with E-state index in [-0.39, 0.29) is 0 Å². The first-order chi connectivity index (χ1) is 8.74. The van der Waals surface area contributed by atoms with Crippen molar-refractivity contribution in [3.05, 3.63) is 28.3 Å². The van der Waals surface area contributed by atoms with Crippen molar-refractivity contribution in [1.29, 1.82) is 0 Å². The number of guanidine groups is 1. The molecule has 0 radical (unpaired) electrons. The van der Waals surface area contributed by atoms with Gasteiger partial charge in [-0.05, 0) is 24.1 Å². The van der Waals surface area contributed by atoms with Gasteiger partial charge in [0.1, 0.15) is 5.75 Å². The maximum absolute atomic E-state index is 6.10. The predicted octanol–water partition coefficient (Wildman–Crippen LogP) is 1.80. The van der Waals surface area contributed by atoms with Gasteiger partial charge in [-0.2, -0.15) is 0 Å². The third kappa shape index (κ3) is 2.12. The molecule has 2 N–H and O–H groups in total. The molecule has 0 unspecified atom stereocenters. The zero-order chi connectivity index (χ0) is 12.5. The third-order valence-corrected chi connectivity index (χ3v) is 3.64. The lowest BCUT2D eigenvalue weighted by Crippen LogP contribution is -2.46. The van der Waals surface area contributed by atoms with Crippen molar-refractivity contribution in [3.63, 3.8) is 0 Å². The summed E-state index contributed by atoms with van der Waals surface area (Å²) < 4.78 is 5.64. The minimum Gasteiger partial charge on any atom is -0.493 e. The van der Waals surface area contributed by atoms with Crippen molar-refractivity contribution in [2.75, 3.05) is 19.7 Å². The molecule has 0 atom stereocenters. The lowest BCUT2D eigenvalue weighted by Gasteiger charge is -2.31. The van der Waals surface area contributed by atoms with E-state index in [0.29, 0.717) is 12.5 Å². The predicted molar refractivity (Wildman–Crippen MR) is 72.2 cm³/mol. The highest BCUT2D eigenvalue weighted by atomic mass is 35.5. The van der Waals surface area contributed by atoms with Gasteiger partial charge in [-0.25, -0.2) is 4.99 Å². The average molecular weight is 266 g/mol. The van der Waals surface area contributed by atoms with E-state index in [0.717, 1.165) is 42.5 Å². The lowest BCUT2D eigenvalue weighted by molar-refractivity contribution is 0.295. The molecule has 0 aromatic heterocycles. The Morgan fingerprint density at radius 2 is 2.28 bits per heavy atom. The maximum Gasteiger partial charge on any atom is 0.191 e. The van der Waals surface area contributed by atoms with E-state index in [4.69, 9.17) is 22.1 Å². The Morgan fingerprint density at radius 1 is 1.44 bits per heavy atom. The minimum atomic E-state index is 0.533. The van der Waals surface area contributed by atoms with Crippen LogP contribution in [0.1, 0.15) is 17.5 Å². The van der Waals surface area contributed by atoms with Crippen LogP contribution < -0.4 is 10.5 Å². The van der Waals surface area contributed by atoms with Crippen molar-refractivity contribution in [1.82, 2.24) is 4.90 Å². The monoisotopic (exact) mass is 265 g/mol. The molecule has 0 saturated carbocycles. The smallest absolute Gasteiger partial charge is 0.191 e. The van der Waals surface area contributed by atoms with Gasteiger partial charge in [-0.1, -0.05) is 11.6 Å². The van der Waals surface area contributed by atoms with Gasteiger partial charge in [-0.15, -0.1) is 0 Å². The molecule has 2 aliphatic heterocycles. The first kappa shape index (κ1) is 11.7. The molecule has 3 rings (SSSR count). The largest absolute Gasteiger partial charge is 0.493 e. The van der Waals surface area contributed by atoms with Gasteiger partial charge >= 0.3 is 0 Å². The normalized spacial score (nSPS) is 18.3. The number of nitrogens with zero attached hydrogens (tertiary/aromatic N) is 2. The van der Waals surface area contributed by atoms with Crippen molar-refractivity contribution in [2.45, 2.75) is 19.4 Å². The first-order valence-corrected chi connectivity index (χ1v) is 6.61. The molecule has 1 aromatic carbocycles. The Bertz CT molecular complexity index is 497. The minimum absolute atomic E-state index is 0.533. The second-order valence-electron chi connectivity index (χ2n) is 4.67. The summed E-state index contributed by atoms with van der Waals surface area (Å²) in [5, 5.41) is 0.743. The van der Waals surface area contributed by atoms with Crippen LogP contribution in [0.25, 0.3) is 0 Å². The molecule has 2 aliphatic rings. The molecular formula is C13H16ClN3O. The van der Waals surface area contributed by atoms with Crippen LogP contribution in [0.5, 0.6) is 5.75 Å². The Kier molecular flexibility index (Phi) is 3.04. The Morgan fingerprint density at radius 3 is 3.00 bits per heavy atom. The summed E-state index contributed by atoms with van der Waals surface area (Å²) in [6.07, 6.45) is 2.13. The van der Waals surface area contributed by atoms with Crippen LogP contribution in [-0.2, 0) is 13.0 Å². The third-order valence-electron chi connectivity index (χ3n) is 3.42. The zero-order valence-electron chi connectivity index (χ0n) is 10.2. The fourth-order valence-electron chi connectivity index (χ4n) is 2.27. The summed E-state index contributed by atoms with van der Waals surface area (Å²) in [6, 6.07) is 3.88. The van der Waals surface area contributed by atoms with E-state index in [9.17, 15) is 0 Å². The summed E-state index contributed by atoms with van der Waals surface area (Å²) in [5.74, 6) is 1.56. The Labute approximate surface area is 111 Å². The van der Waals surface area contributed by atoms with Crippen LogP contribution in [0.3, 0.4) is 0 Å². The van der Waals surface area contributed by atoms with Crippen LogP contribution in [0.15, 0.2) is 17.1 Å². The Balaban J connectivity index is 1.80. The standard InChI is InChI=1S/C13H16ClN3O/c14-11-6-9-2-5-18-12(9)10(7-11)8-16-13(15)17-3-1-4-17/h6-7H,1-5,8H2,(H2,15,16). The molecule has 0 bridgehead atoms. The molecule has 1 saturated heterocycles. The average Bonchev–Trinajstić information content (AvgIpc) is 2.71. The van der Waals surface area contributed by atoms with Gasteiger partial charge in [0.15, 0.2) is 5.96 Å². The van der Waals surface area contributed by atoms with Gasteiger partial charge in [0.25, 0.3) is 0 Å². The molecule has 0 aliphatic carbocycles. The number of nitrogens with two attached hydrogens (primary N) is 1. The van der Waals surface area contributed by atoms with E-state index in [1.807, 2.05) is 12.1 Å². The molecular weight excluding hydrogens is 250 g/mol. The number of benzene rings is 1.